The van der Waals surface area contributed by atoms with Gasteiger partial charge in [-0.1, -0.05) is 13.3 Å². The fourth-order valence-electron chi connectivity index (χ4n) is 3.40. The molecule has 2 aromatic heterocycles. The van der Waals surface area contributed by atoms with Crippen LogP contribution in [0.2, 0.25) is 0 Å². The van der Waals surface area contributed by atoms with Gasteiger partial charge in [0, 0.05) is 50.9 Å². The molecule has 136 valence electrons. The lowest BCUT2D eigenvalue weighted by Crippen LogP contribution is -2.35. The Kier molecular flexibility index (Phi) is 5.86. The minimum Gasteiger partial charge on any atom is -0.345 e. The van der Waals surface area contributed by atoms with Crippen molar-refractivity contribution in [2.24, 2.45) is 0 Å². The molecule has 7 nitrogen and oxygen atoms in total. The van der Waals surface area contributed by atoms with Gasteiger partial charge in [0.2, 0.25) is 5.91 Å². The number of rotatable bonds is 7. The number of carbonyl (C=O) groups excluding carboxylic acids is 1. The molecule has 0 spiro atoms. The Morgan fingerprint density at radius 1 is 1.40 bits per heavy atom. The standard InChI is InChI=1S/C18H28N6O/c1-3-4-5-17-19-12-15(22-17)13-23-10-7-16(8-11-23)24-18(6-9-20-24)21-14(2)25/h6,9,12,16H,3-5,7-8,10-11,13H2,1-2H3,(H,19,22)(H,21,25). The minimum atomic E-state index is -0.0580. The zero-order valence-corrected chi connectivity index (χ0v) is 15.2. The van der Waals surface area contributed by atoms with Crippen molar-refractivity contribution in [3.05, 3.63) is 30.0 Å². The summed E-state index contributed by atoms with van der Waals surface area (Å²) >= 11 is 0. The lowest BCUT2D eigenvalue weighted by molar-refractivity contribution is -0.114. The molecular weight excluding hydrogens is 316 g/mol. The Balaban J connectivity index is 1.51. The van der Waals surface area contributed by atoms with Crippen molar-refractivity contribution >= 4 is 11.7 Å². The predicted octanol–water partition coefficient (Wildman–Crippen LogP) is 2.74. The topological polar surface area (TPSA) is 78.8 Å². The fourth-order valence-corrected chi connectivity index (χ4v) is 3.40. The highest BCUT2D eigenvalue weighted by Gasteiger charge is 2.23. The largest absolute Gasteiger partial charge is 0.345 e. The number of amides is 1. The molecule has 0 atom stereocenters. The number of H-pyrrole nitrogens is 1. The molecule has 3 rings (SSSR count). The van der Waals surface area contributed by atoms with E-state index in [0.29, 0.717) is 6.04 Å². The van der Waals surface area contributed by atoms with Crippen molar-refractivity contribution in [3.8, 4) is 0 Å². The molecule has 0 unspecified atom stereocenters. The van der Waals surface area contributed by atoms with E-state index in [0.717, 1.165) is 50.5 Å². The minimum absolute atomic E-state index is 0.0580. The Labute approximate surface area is 148 Å². The van der Waals surface area contributed by atoms with Crippen LogP contribution < -0.4 is 5.32 Å². The molecule has 2 N–H and O–H groups in total. The first-order chi connectivity index (χ1) is 12.2. The van der Waals surface area contributed by atoms with Gasteiger partial charge >= 0.3 is 0 Å². The summed E-state index contributed by atoms with van der Waals surface area (Å²) in [6.07, 6.45) is 9.19. The van der Waals surface area contributed by atoms with Crippen LogP contribution in [0.5, 0.6) is 0 Å². The summed E-state index contributed by atoms with van der Waals surface area (Å²) < 4.78 is 1.96. The molecular formula is C18H28N6O. The first-order valence-electron chi connectivity index (χ1n) is 9.22. The number of anilines is 1. The Bertz CT molecular complexity index is 683. The number of likely N-dealkylation sites (tertiary alicyclic amines) is 1. The zero-order valence-electron chi connectivity index (χ0n) is 15.2. The second kappa shape index (κ2) is 8.29. The predicted molar refractivity (Wildman–Crippen MR) is 97.3 cm³/mol. The van der Waals surface area contributed by atoms with Crippen LogP contribution in [0.3, 0.4) is 0 Å². The van der Waals surface area contributed by atoms with Crippen LogP contribution in [0, 0.1) is 0 Å². The first kappa shape index (κ1) is 17.7. The normalized spacial score (nSPS) is 16.2. The number of hydrogen-bond acceptors (Lipinski definition) is 4. The third kappa shape index (κ3) is 4.69. The fraction of sp³-hybridized carbons (Fsp3) is 0.611. The summed E-state index contributed by atoms with van der Waals surface area (Å²) in [5.74, 6) is 1.83. The van der Waals surface area contributed by atoms with E-state index in [-0.39, 0.29) is 5.91 Å². The van der Waals surface area contributed by atoms with E-state index >= 15 is 0 Å². The molecule has 0 aromatic carbocycles. The summed E-state index contributed by atoms with van der Waals surface area (Å²) in [6.45, 7) is 6.69. The molecule has 25 heavy (non-hydrogen) atoms. The van der Waals surface area contributed by atoms with E-state index in [1.165, 1.54) is 25.5 Å². The number of unbranched alkanes of at least 4 members (excludes halogenated alkanes) is 1. The van der Waals surface area contributed by atoms with Crippen LogP contribution in [0.15, 0.2) is 18.5 Å². The number of piperidine rings is 1. The smallest absolute Gasteiger partial charge is 0.222 e. The SMILES string of the molecule is CCCCc1ncc(CN2CCC(n3nccc3NC(C)=O)CC2)[nH]1. The van der Waals surface area contributed by atoms with E-state index in [2.05, 4.69) is 32.2 Å². The maximum Gasteiger partial charge on any atom is 0.222 e. The average molecular weight is 344 g/mol. The van der Waals surface area contributed by atoms with Crippen LogP contribution in [0.1, 0.15) is 57.1 Å². The lowest BCUT2D eigenvalue weighted by Gasteiger charge is -2.32. The molecule has 0 bridgehead atoms. The Morgan fingerprint density at radius 3 is 2.92 bits per heavy atom. The van der Waals surface area contributed by atoms with Crippen LogP contribution in [-0.2, 0) is 17.8 Å². The molecule has 0 aliphatic carbocycles. The van der Waals surface area contributed by atoms with Crippen molar-refractivity contribution in [3.63, 3.8) is 0 Å². The third-order valence-corrected chi connectivity index (χ3v) is 4.72. The van der Waals surface area contributed by atoms with Gasteiger partial charge in [0.25, 0.3) is 0 Å². The number of nitrogens with one attached hydrogen (secondary N) is 2. The quantitative estimate of drug-likeness (QED) is 0.809. The molecule has 1 fully saturated rings. The average Bonchev–Trinajstić information content (AvgIpc) is 3.23. The highest BCUT2D eigenvalue weighted by Crippen LogP contribution is 2.26. The molecule has 0 saturated carbocycles. The summed E-state index contributed by atoms with van der Waals surface area (Å²) in [5, 5.41) is 7.26. The van der Waals surface area contributed by atoms with Crippen molar-refractivity contribution in [2.75, 3.05) is 18.4 Å². The third-order valence-electron chi connectivity index (χ3n) is 4.72. The van der Waals surface area contributed by atoms with E-state index in [9.17, 15) is 4.79 Å². The summed E-state index contributed by atoms with van der Waals surface area (Å²) in [7, 11) is 0. The van der Waals surface area contributed by atoms with E-state index in [4.69, 9.17) is 0 Å². The molecule has 0 radical (unpaired) electrons. The number of aromatic nitrogens is 4. The van der Waals surface area contributed by atoms with Gasteiger partial charge in [-0.05, 0) is 19.3 Å². The van der Waals surface area contributed by atoms with Crippen LogP contribution in [0.4, 0.5) is 5.82 Å². The van der Waals surface area contributed by atoms with Gasteiger partial charge in [0.1, 0.15) is 11.6 Å². The number of imidazole rings is 1. The molecule has 1 aliphatic rings. The summed E-state index contributed by atoms with van der Waals surface area (Å²) in [4.78, 5) is 21.7. The molecule has 3 heterocycles. The van der Waals surface area contributed by atoms with Gasteiger partial charge in [-0.15, -0.1) is 0 Å². The molecule has 1 aliphatic heterocycles. The van der Waals surface area contributed by atoms with Gasteiger partial charge in [-0.2, -0.15) is 5.10 Å². The van der Waals surface area contributed by atoms with E-state index in [1.807, 2.05) is 16.9 Å². The van der Waals surface area contributed by atoms with Crippen molar-refractivity contribution in [1.29, 1.82) is 0 Å². The van der Waals surface area contributed by atoms with Gasteiger partial charge in [0.15, 0.2) is 0 Å². The van der Waals surface area contributed by atoms with Crippen molar-refractivity contribution in [1.82, 2.24) is 24.6 Å². The van der Waals surface area contributed by atoms with Crippen molar-refractivity contribution < 1.29 is 4.79 Å². The molecule has 2 aromatic rings. The van der Waals surface area contributed by atoms with Gasteiger partial charge in [-0.25, -0.2) is 9.67 Å². The zero-order chi connectivity index (χ0) is 17.6. The highest BCUT2D eigenvalue weighted by molar-refractivity contribution is 5.87. The van der Waals surface area contributed by atoms with Crippen LogP contribution >= 0.6 is 0 Å². The summed E-state index contributed by atoms with van der Waals surface area (Å²) in [6, 6.07) is 2.20. The number of aromatic amines is 1. The van der Waals surface area contributed by atoms with Gasteiger partial charge < -0.3 is 10.3 Å². The Morgan fingerprint density at radius 2 is 2.20 bits per heavy atom. The molecule has 1 saturated heterocycles. The van der Waals surface area contributed by atoms with Crippen molar-refractivity contribution in [2.45, 2.75) is 58.5 Å². The van der Waals surface area contributed by atoms with Gasteiger partial charge in [0.05, 0.1) is 12.2 Å². The first-order valence-corrected chi connectivity index (χ1v) is 9.22. The number of hydrogen-bond donors (Lipinski definition) is 2. The lowest BCUT2D eigenvalue weighted by atomic mass is 10.1. The highest BCUT2D eigenvalue weighted by atomic mass is 16.1. The summed E-state index contributed by atoms with van der Waals surface area (Å²) in [5.41, 5.74) is 1.20. The van der Waals surface area contributed by atoms with Crippen LogP contribution in [-0.4, -0.2) is 43.6 Å². The van der Waals surface area contributed by atoms with E-state index < -0.39 is 0 Å². The second-order valence-electron chi connectivity index (χ2n) is 6.81. The number of nitrogens with zero attached hydrogens (tertiary/aromatic N) is 4. The number of carbonyl (C=O) groups is 1. The monoisotopic (exact) mass is 344 g/mol. The maximum atomic E-state index is 11.3. The molecule has 7 heteroatoms. The van der Waals surface area contributed by atoms with E-state index in [1.54, 1.807) is 6.20 Å². The van der Waals surface area contributed by atoms with Crippen LogP contribution in [0.25, 0.3) is 0 Å². The number of aryl methyl sites for hydroxylation is 1. The maximum absolute atomic E-state index is 11.3. The van der Waals surface area contributed by atoms with Gasteiger partial charge in [-0.3, -0.25) is 9.69 Å². The Hall–Kier alpha value is -2.15. The second-order valence-corrected chi connectivity index (χ2v) is 6.81. The molecule has 1 amide bonds.